The van der Waals surface area contributed by atoms with Gasteiger partial charge in [0.1, 0.15) is 5.56 Å². The van der Waals surface area contributed by atoms with Gasteiger partial charge >= 0.3 is 0 Å². The van der Waals surface area contributed by atoms with E-state index in [0.717, 1.165) is 16.8 Å². The van der Waals surface area contributed by atoms with Crippen LogP contribution < -0.4 is 10.2 Å². The Morgan fingerprint density at radius 2 is 1.88 bits per heavy atom. The second-order valence-electron chi connectivity index (χ2n) is 6.23. The van der Waals surface area contributed by atoms with Crippen molar-refractivity contribution in [2.45, 2.75) is 13.5 Å². The van der Waals surface area contributed by atoms with Crippen molar-refractivity contribution in [2.24, 2.45) is 0 Å². The van der Waals surface area contributed by atoms with Gasteiger partial charge in [-0.3, -0.25) is 14.9 Å². The van der Waals surface area contributed by atoms with Crippen molar-refractivity contribution in [3.05, 3.63) is 69.3 Å². The van der Waals surface area contributed by atoms with E-state index in [0.29, 0.717) is 32.8 Å². The quantitative estimate of drug-likeness (QED) is 0.658. The molecule has 7 heteroatoms. The molecule has 2 aromatic carbocycles. The van der Waals surface area contributed by atoms with Crippen molar-refractivity contribution >= 4 is 17.3 Å². The van der Waals surface area contributed by atoms with Gasteiger partial charge in [-0.15, -0.1) is 0 Å². The Morgan fingerprint density at radius 1 is 1.19 bits per heavy atom. The summed E-state index contributed by atoms with van der Waals surface area (Å²) in [6.45, 7) is 4.91. The first-order valence-electron chi connectivity index (χ1n) is 8.49. The zero-order valence-corrected chi connectivity index (χ0v) is 14.6. The standard InChI is InChI=1S/C19H21N3O4/c1-14-2-4-15(5-3-14)13-20-19(23)17-12-16(6-7-18(17)22(24)25)21-8-10-26-11-9-21/h2-7,12H,8-11,13H2,1H3,(H,20,23). The minimum Gasteiger partial charge on any atom is -0.378 e. The van der Waals surface area contributed by atoms with Gasteiger partial charge in [-0.2, -0.15) is 0 Å². The summed E-state index contributed by atoms with van der Waals surface area (Å²) in [5, 5.41) is 14.1. The Hall–Kier alpha value is -2.93. The molecule has 1 N–H and O–H groups in total. The molecule has 1 aliphatic rings. The van der Waals surface area contributed by atoms with Crippen molar-refractivity contribution in [3.63, 3.8) is 0 Å². The number of nitrogens with zero attached hydrogens (tertiary/aromatic N) is 2. The molecule has 136 valence electrons. The highest BCUT2D eigenvalue weighted by molar-refractivity contribution is 5.99. The number of nitro benzene ring substituents is 1. The molecule has 2 aromatic rings. The van der Waals surface area contributed by atoms with Crippen LogP contribution in [0.4, 0.5) is 11.4 Å². The predicted octanol–water partition coefficient (Wildman–Crippen LogP) is 2.67. The van der Waals surface area contributed by atoms with E-state index in [9.17, 15) is 14.9 Å². The van der Waals surface area contributed by atoms with Gasteiger partial charge in [-0.25, -0.2) is 0 Å². The summed E-state index contributed by atoms with van der Waals surface area (Å²) in [5.74, 6) is -0.451. The zero-order chi connectivity index (χ0) is 18.5. The molecule has 0 aliphatic carbocycles. The largest absolute Gasteiger partial charge is 0.378 e. The maximum atomic E-state index is 12.6. The van der Waals surface area contributed by atoms with Gasteiger partial charge in [0.2, 0.25) is 0 Å². The van der Waals surface area contributed by atoms with Gasteiger partial charge in [0.05, 0.1) is 18.1 Å². The Kier molecular flexibility index (Phi) is 5.48. The number of amides is 1. The second kappa shape index (κ2) is 7.97. The van der Waals surface area contributed by atoms with Crippen molar-refractivity contribution in [1.29, 1.82) is 0 Å². The van der Waals surface area contributed by atoms with Crippen LogP contribution >= 0.6 is 0 Å². The highest BCUT2D eigenvalue weighted by Gasteiger charge is 2.22. The van der Waals surface area contributed by atoms with Gasteiger partial charge in [0.25, 0.3) is 11.6 Å². The molecular weight excluding hydrogens is 334 g/mol. The summed E-state index contributed by atoms with van der Waals surface area (Å²) >= 11 is 0. The minimum absolute atomic E-state index is 0.0751. The molecule has 1 fully saturated rings. The number of benzene rings is 2. The summed E-state index contributed by atoms with van der Waals surface area (Å²) in [6, 6.07) is 12.4. The molecule has 0 atom stereocenters. The van der Waals surface area contributed by atoms with E-state index < -0.39 is 10.8 Å². The van der Waals surface area contributed by atoms with Gasteiger partial charge in [-0.05, 0) is 24.6 Å². The summed E-state index contributed by atoms with van der Waals surface area (Å²) in [5.41, 5.74) is 2.75. The molecule has 0 saturated carbocycles. The van der Waals surface area contributed by atoms with E-state index >= 15 is 0 Å². The number of rotatable bonds is 5. The third-order valence-electron chi connectivity index (χ3n) is 4.37. The fraction of sp³-hybridized carbons (Fsp3) is 0.316. The van der Waals surface area contributed by atoms with E-state index in [-0.39, 0.29) is 11.3 Å². The van der Waals surface area contributed by atoms with Crippen molar-refractivity contribution in [2.75, 3.05) is 31.2 Å². The van der Waals surface area contributed by atoms with Gasteiger partial charge in [-0.1, -0.05) is 29.8 Å². The number of ether oxygens (including phenoxy) is 1. The van der Waals surface area contributed by atoms with Crippen molar-refractivity contribution < 1.29 is 14.5 Å². The third-order valence-corrected chi connectivity index (χ3v) is 4.37. The number of hydrogen-bond acceptors (Lipinski definition) is 5. The van der Waals surface area contributed by atoms with Crippen LogP contribution in [0.25, 0.3) is 0 Å². The highest BCUT2D eigenvalue weighted by atomic mass is 16.6. The van der Waals surface area contributed by atoms with E-state index in [1.165, 1.54) is 6.07 Å². The molecular formula is C19H21N3O4. The first kappa shape index (κ1) is 17.9. The molecule has 0 unspecified atom stereocenters. The van der Waals surface area contributed by atoms with Crippen LogP contribution in [-0.2, 0) is 11.3 Å². The Bertz CT molecular complexity index is 799. The molecule has 0 radical (unpaired) electrons. The smallest absolute Gasteiger partial charge is 0.282 e. The number of nitrogens with one attached hydrogen (secondary N) is 1. The molecule has 1 aliphatic heterocycles. The van der Waals surface area contributed by atoms with E-state index in [2.05, 4.69) is 10.2 Å². The maximum Gasteiger partial charge on any atom is 0.282 e. The van der Waals surface area contributed by atoms with Crippen LogP contribution in [0.3, 0.4) is 0 Å². The number of carbonyl (C=O) groups excluding carboxylic acids is 1. The molecule has 26 heavy (non-hydrogen) atoms. The number of nitro groups is 1. The molecule has 7 nitrogen and oxygen atoms in total. The molecule has 0 aromatic heterocycles. The van der Waals surface area contributed by atoms with Crippen LogP contribution in [0, 0.1) is 17.0 Å². The van der Waals surface area contributed by atoms with Crippen LogP contribution in [0.2, 0.25) is 0 Å². The summed E-state index contributed by atoms with van der Waals surface area (Å²) in [6.07, 6.45) is 0. The lowest BCUT2D eigenvalue weighted by atomic mass is 10.1. The van der Waals surface area contributed by atoms with Crippen LogP contribution in [0.5, 0.6) is 0 Å². The number of carbonyl (C=O) groups is 1. The lowest BCUT2D eigenvalue weighted by molar-refractivity contribution is -0.385. The maximum absolute atomic E-state index is 12.6. The summed E-state index contributed by atoms with van der Waals surface area (Å²) in [7, 11) is 0. The van der Waals surface area contributed by atoms with Gasteiger partial charge < -0.3 is 15.0 Å². The average Bonchev–Trinajstić information content (AvgIpc) is 2.67. The zero-order valence-electron chi connectivity index (χ0n) is 14.6. The molecule has 1 saturated heterocycles. The molecule has 0 bridgehead atoms. The summed E-state index contributed by atoms with van der Waals surface area (Å²) < 4.78 is 5.33. The lowest BCUT2D eigenvalue weighted by Gasteiger charge is -2.29. The second-order valence-corrected chi connectivity index (χ2v) is 6.23. The van der Waals surface area contributed by atoms with Crippen molar-refractivity contribution in [1.82, 2.24) is 5.32 Å². The molecule has 1 amide bonds. The number of anilines is 1. The fourth-order valence-electron chi connectivity index (χ4n) is 2.87. The van der Waals surface area contributed by atoms with E-state index in [1.807, 2.05) is 31.2 Å². The number of aryl methyl sites for hydroxylation is 1. The first-order valence-corrected chi connectivity index (χ1v) is 8.49. The van der Waals surface area contributed by atoms with Gasteiger partial charge in [0, 0.05) is 31.4 Å². The van der Waals surface area contributed by atoms with Crippen LogP contribution in [0.1, 0.15) is 21.5 Å². The topological polar surface area (TPSA) is 84.7 Å². The summed E-state index contributed by atoms with van der Waals surface area (Å²) in [4.78, 5) is 25.4. The Balaban J connectivity index is 1.79. The van der Waals surface area contributed by atoms with E-state index in [1.54, 1.807) is 12.1 Å². The fourth-order valence-corrected chi connectivity index (χ4v) is 2.87. The van der Waals surface area contributed by atoms with Gasteiger partial charge in [0.15, 0.2) is 0 Å². The lowest BCUT2D eigenvalue weighted by Crippen LogP contribution is -2.36. The molecule has 0 spiro atoms. The third kappa shape index (κ3) is 4.18. The predicted molar refractivity (Wildman–Crippen MR) is 98.5 cm³/mol. The van der Waals surface area contributed by atoms with Crippen LogP contribution in [0.15, 0.2) is 42.5 Å². The minimum atomic E-state index is -0.524. The molecule has 1 heterocycles. The Labute approximate surface area is 151 Å². The molecule has 3 rings (SSSR count). The first-order chi connectivity index (χ1) is 12.5. The normalized spacial score (nSPS) is 14.1. The SMILES string of the molecule is Cc1ccc(CNC(=O)c2cc(N3CCOCC3)ccc2[N+](=O)[O-])cc1. The number of morpholine rings is 1. The van der Waals surface area contributed by atoms with Crippen LogP contribution in [-0.4, -0.2) is 37.1 Å². The van der Waals surface area contributed by atoms with Crippen molar-refractivity contribution in [3.8, 4) is 0 Å². The highest BCUT2D eigenvalue weighted by Crippen LogP contribution is 2.26. The average molecular weight is 355 g/mol. The van der Waals surface area contributed by atoms with E-state index in [4.69, 9.17) is 4.74 Å². The monoisotopic (exact) mass is 355 g/mol. The Morgan fingerprint density at radius 3 is 2.54 bits per heavy atom. The number of hydrogen-bond donors (Lipinski definition) is 1.